The third kappa shape index (κ3) is 3.80. The molecule has 0 spiro atoms. The Labute approximate surface area is 107 Å². The minimum Gasteiger partial charge on any atom is -0.357 e. The predicted molar refractivity (Wildman–Crippen MR) is 69.6 cm³/mol. The van der Waals surface area contributed by atoms with Crippen LogP contribution in [0, 0.1) is 0 Å². The van der Waals surface area contributed by atoms with E-state index in [2.05, 4.69) is 25.1 Å². The molecule has 0 amide bonds. The molecule has 2 heterocycles. The van der Waals surface area contributed by atoms with Crippen LogP contribution in [-0.2, 0) is 0 Å². The number of nitrogens with zero attached hydrogens (tertiary/aromatic N) is 4. The molecule has 1 N–H and O–H groups in total. The standard InChI is InChI=1S/C11H18ClN5/c1-16(11-9-14-8-10(12)15-11)6-7-17-4-2-13-3-5-17/h8-9,13H,2-7H2,1H3. The van der Waals surface area contributed by atoms with Gasteiger partial charge in [-0.05, 0) is 0 Å². The van der Waals surface area contributed by atoms with Gasteiger partial charge in [0.05, 0.1) is 12.4 Å². The summed E-state index contributed by atoms with van der Waals surface area (Å²) in [5.41, 5.74) is 0. The average molecular weight is 256 g/mol. The van der Waals surface area contributed by atoms with Crippen molar-refractivity contribution in [2.24, 2.45) is 0 Å². The molecule has 0 saturated carbocycles. The van der Waals surface area contributed by atoms with Crippen LogP contribution in [0.5, 0.6) is 0 Å². The molecule has 0 bridgehead atoms. The van der Waals surface area contributed by atoms with E-state index in [9.17, 15) is 0 Å². The van der Waals surface area contributed by atoms with Gasteiger partial charge in [-0.3, -0.25) is 9.88 Å². The van der Waals surface area contributed by atoms with Crippen molar-refractivity contribution in [3.8, 4) is 0 Å². The maximum atomic E-state index is 5.82. The maximum Gasteiger partial charge on any atom is 0.149 e. The first-order valence-electron chi connectivity index (χ1n) is 5.87. The fourth-order valence-corrected chi connectivity index (χ4v) is 2.00. The molecule has 0 radical (unpaired) electrons. The van der Waals surface area contributed by atoms with Gasteiger partial charge < -0.3 is 10.2 Å². The van der Waals surface area contributed by atoms with E-state index in [1.165, 1.54) is 0 Å². The number of hydrogen-bond donors (Lipinski definition) is 1. The first-order chi connectivity index (χ1) is 8.25. The third-order valence-corrected chi connectivity index (χ3v) is 3.13. The quantitative estimate of drug-likeness (QED) is 0.848. The molecule has 94 valence electrons. The van der Waals surface area contributed by atoms with E-state index < -0.39 is 0 Å². The van der Waals surface area contributed by atoms with Crippen LogP contribution in [0.3, 0.4) is 0 Å². The average Bonchev–Trinajstić information content (AvgIpc) is 2.37. The normalized spacial score (nSPS) is 17.1. The van der Waals surface area contributed by atoms with Crippen LogP contribution in [0.4, 0.5) is 5.82 Å². The molecule has 0 aliphatic carbocycles. The molecule has 0 aromatic carbocycles. The highest BCUT2D eigenvalue weighted by atomic mass is 35.5. The van der Waals surface area contributed by atoms with E-state index in [1.54, 1.807) is 12.4 Å². The maximum absolute atomic E-state index is 5.82. The van der Waals surface area contributed by atoms with E-state index >= 15 is 0 Å². The van der Waals surface area contributed by atoms with Crippen molar-refractivity contribution in [2.75, 3.05) is 51.2 Å². The van der Waals surface area contributed by atoms with Gasteiger partial charge in [0.1, 0.15) is 11.0 Å². The van der Waals surface area contributed by atoms with Gasteiger partial charge in [-0.2, -0.15) is 0 Å². The predicted octanol–water partition coefficient (Wildman–Crippen LogP) is 0.471. The van der Waals surface area contributed by atoms with Crippen molar-refractivity contribution >= 4 is 17.4 Å². The van der Waals surface area contributed by atoms with Crippen molar-refractivity contribution in [2.45, 2.75) is 0 Å². The largest absolute Gasteiger partial charge is 0.357 e. The summed E-state index contributed by atoms with van der Waals surface area (Å²) >= 11 is 5.82. The van der Waals surface area contributed by atoms with Crippen LogP contribution in [0.15, 0.2) is 12.4 Å². The summed E-state index contributed by atoms with van der Waals surface area (Å²) in [6.07, 6.45) is 3.29. The lowest BCUT2D eigenvalue weighted by molar-refractivity contribution is 0.246. The molecule has 1 aliphatic heterocycles. The number of halogens is 1. The minimum atomic E-state index is 0.441. The summed E-state index contributed by atoms with van der Waals surface area (Å²) in [7, 11) is 2.02. The molecule has 5 nitrogen and oxygen atoms in total. The molecule has 2 rings (SSSR count). The molecule has 1 aromatic heterocycles. The highest BCUT2D eigenvalue weighted by Crippen LogP contribution is 2.10. The number of hydrogen-bond acceptors (Lipinski definition) is 5. The van der Waals surface area contributed by atoms with E-state index in [0.29, 0.717) is 5.15 Å². The van der Waals surface area contributed by atoms with Crippen LogP contribution >= 0.6 is 11.6 Å². The lowest BCUT2D eigenvalue weighted by Crippen LogP contribution is -2.46. The van der Waals surface area contributed by atoms with Crippen molar-refractivity contribution in [1.82, 2.24) is 20.2 Å². The summed E-state index contributed by atoms with van der Waals surface area (Å²) in [5, 5.41) is 3.79. The van der Waals surface area contributed by atoms with E-state index in [4.69, 9.17) is 11.6 Å². The summed E-state index contributed by atoms with van der Waals surface area (Å²) in [5.74, 6) is 0.827. The zero-order chi connectivity index (χ0) is 12.1. The van der Waals surface area contributed by atoms with Crippen LogP contribution in [0.2, 0.25) is 5.15 Å². The molecule has 1 aromatic rings. The Balaban J connectivity index is 1.82. The van der Waals surface area contributed by atoms with Gasteiger partial charge in [0.2, 0.25) is 0 Å². The molecule has 0 atom stereocenters. The number of nitrogens with one attached hydrogen (secondary N) is 1. The Bertz CT molecular complexity index is 353. The number of piperazine rings is 1. The van der Waals surface area contributed by atoms with Gasteiger partial charge in [-0.15, -0.1) is 0 Å². The summed E-state index contributed by atoms with van der Waals surface area (Å²) in [4.78, 5) is 12.8. The van der Waals surface area contributed by atoms with Crippen LogP contribution in [-0.4, -0.2) is 61.2 Å². The summed E-state index contributed by atoms with van der Waals surface area (Å²) in [6, 6.07) is 0. The Hall–Kier alpha value is -0.910. The van der Waals surface area contributed by atoms with Gasteiger partial charge in [0.25, 0.3) is 0 Å². The number of likely N-dealkylation sites (N-methyl/N-ethyl adjacent to an activating group) is 1. The number of rotatable bonds is 4. The van der Waals surface area contributed by atoms with Gasteiger partial charge in [0.15, 0.2) is 0 Å². The Morgan fingerprint density at radius 1 is 1.41 bits per heavy atom. The molecule has 1 saturated heterocycles. The van der Waals surface area contributed by atoms with Crippen molar-refractivity contribution in [3.63, 3.8) is 0 Å². The Morgan fingerprint density at radius 2 is 2.18 bits per heavy atom. The number of anilines is 1. The van der Waals surface area contributed by atoms with E-state index in [1.807, 2.05) is 7.05 Å². The van der Waals surface area contributed by atoms with Crippen molar-refractivity contribution < 1.29 is 0 Å². The molecule has 17 heavy (non-hydrogen) atoms. The van der Waals surface area contributed by atoms with Crippen molar-refractivity contribution in [1.29, 1.82) is 0 Å². The summed E-state index contributed by atoms with van der Waals surface area (Å²) in [6.45, 7) is 6.40. The van der Waals surface area contributed by atoms with Crippen LogP contribution < -0.4 is 10.2 Å². The summed E-state index contributed by atoms with van der Waals surface area (Å²) < 4.78 is 0. The molecule has 6 heteroatoms. The van der Waals surface area contributed by atoms with E-state index in [-0.39, 0.29) is 0 Å². The van der Waals surface area contributed by atoms with Gasteiger partial charge in [0, 0.05) is 46.3 Å². The molecular formula is C11H18ClN5. The highest BCUT2D eigenvalue weighted by Gasteiger charge is 2.10. The second kappa shape index (κ2) is 6.14. The highest BCUT2D eigenvalue weighted by molar-refractivity contribution is 6.29. The second-order valence-electron chi connectivity index (χ2n) is 4.21. The second-order valence-corrected chi connectivity index (χ2v) is 4.60. The van der Waals surface area contributed by atoms with Gasteiger partial charge in [-0.1, -0.05) is 11.6 Å². The lowest BCUT2D eigenvalue weighted by Gasteiger charge is -2.29. The minimum absolute atomic E-state index is 0.441. The van der Waals surface area contributed by atoms with Gasteiger partial charge >= 0.3 is 0 Å². The molecule has 1 fully saturated rings. The Morgan fingerprint density at radius 3 is 2.88 bits per heavy atom. The third-order valence-electron chi connectivity index (χ3n) is 2.94. The SMILES string of the molecule is CN(CCN1CCNCC1)c1cncc(Cl)n1. The molecule has 0 unspecified atom stereocenters. The fraction of sp³-hybridized carbons (Fsp3) is 0.636. The lowest BCUT2D eigenvalue weighted by atomic mass is 10.3. The van der Waals surface area contributed by atoms with Crippen LogP contribution in [0.25, 0.3) is 0 Å². The Kier molecular flexibility index (Phi) is 4.53. The zero-order valence-electron chi connectivity index (χ0n) is 10.1. The number of aromatic nitrogens is 2. The monoisotopic (exact) mass is 255 g/mol. The van der Waals surface area contributed by atoms with E-state index in [0.717, 1.165) is 45.1 Å². The van der Waals surface area contributed by atoms with Crippen molar-refractivity contribution in [3.05, 3.63) is 17.5 Å². The zero-order valence-corrected chi connectivity index (χ0v) is 10.8. The van der Waals surface area contributed by atoms with Crippen LogP contribution in [0.1, 0.15) is 0 Å². The fourth-order valence-electron chi connectivity index (χ4n) is 1.86. The smallest absolute Gasteiger partial charge is 0.149 e. The van der Waals surface area contributed by atoms with Gasteiger partial charge in [-0.25, -0.2) is 4.98 Å². The first kappa shape index (κ1) is 12.5. The first-order valence-corrected chi connectivity index (χ1v) is 6.25. The molecule has 1 aliphatic rings. The topological polar surface area (TPSA) is 44.3 Å². The molecular weight excluding hydrogens is 238 g/mol.